The van der Waals surface area contributed by atoms with Crippen molar-refractivity contribution in [3.63, 3.8) is 0 Å². The predicted molar refractivity (Wildman–Crippen MR) is 94.2 cm³/mol. The van der Waals surface area contributed by atoms with E-state index in [9.17, 15) is 8.42 Å². The zero-order chi connectivity index (χ0) is 16.4. The number of anilines is 1. The van der Waals surface area contributed by atoms with Crippen LogP contribution in [0.15, 0.2) is 54.7 Å². The van der Waals surface area contributed by atoms with E-state index in [0.29, 0.717) is 21.8 Å². The molecule has 0 aliphatic rings. The van der Waals surface area contributed by atoms with Crippen molar-refractivity contribution in [2.45, 2.75) is 12.7 Å². The van der Waals surface area contributed by atoms with Crippen LogP contribution < -0.4 is 4.72 Å². The minimum Gasteiger partial charge on any atom is -0.281 e. The van der Waals surface area contributed by atoms with Crippen molar-refractivity contribution in [1.82, 2.24) is 4.98 Å². The average Bonchev–Trinajstić information content (AvgIpc) is 2.49. The normalized spacial score (nSPS) is 11.6. The lowest BCUT2D eigenvalue weighted by Crippen LogP contribution is -2.15. The van der Waals surface area contributed by atoms with E-state index in [1.807, 2.05) is 25.1 Å². The fourth-order valence-corrected chi connectivity index (χ4v) is 3.74. The van der Waals surface area contributed by atoms with Crippen LogP contribution in [0.2, 0.25) is 5.02 Å². The van der Waals surface area contributed by atoms with E-state index in [-0.39, 0.29) is 5.75 Å². The predicted octanol–water partition coefficient (Wildman–Crippen LogP) is 4.14. The summed E-state index contributed by atoms with van der Waals surface area (Å²) in [4.78, 5) is 4.28. The summed E-state index contributed by atoms with van der Waals surface area (Å²) in [5, 5.41) is 1.48. The van der Waals surface area contributed by atoms with Crippen molar-refractivity contribution >= 4 is 38.2 Å². The van der Waals surface area contributed by atoms with E-state index >= 15 is 0 Å². The van der Waals surface area contributed by atoms with Crippen LogP contribution in [-0.4, -0.2) is 13.4 Å². The van der Waals surface area contributed by atoms with Crippen LogP contribution in [0.1, 0.15) is 11.1 Å². The topological polar surface area (TPSA) is 59.1 Å². The van der Waals surface area contributed by atoms with Gasteiger partial charge in [-0.3, -0.25) is 9.71 Å². The highest BCUT2D eigenvalue weighted by atomic mass is 35.5. The van der Waals surface area contributed by atoms with Crippen molar-refractivity contribution in [1.29, 1.82) is 0 Å². The number of nitrogens with one attached hydrogen (secondary N) is 1. The molecule has 0 aliphatic carbocycles. The van der Waals surface area contributed by atoms with Gasteiger partial charge in [0.2, 0.25) is 10.0 Å². The molecule has 118 valence electrons. The van der Waals surface area contributed by atoms with Gasteiger partial charge in [0.05, 0.1) is 17.0 Å². The molecule has 6 heteroatoms. The number of fused-ring (bicyclic) bond motifs is 1. The standard InChI is InChI=1S/C17H15ClN2O2S/c1-12-9-14-3-2-8-19-17(14)16(10-12)20-23(21,22)11-13-4-6-15(18)7-5-13/h2-10,20H,11H2,1H3. The van der Waals surface area contributed by atoms with Gasteiger partial charge < -0.3 is 0 Å². The minimum absolute atomic E-state index is 0.119. The summed E-state index contributed by atoms with van der Waals surface area (Å²) in [5.74, 6) is -0.119. The van der Waals surface area contributed by atoms with Crippen molar-refractivity contribution < 1.29 is 8.42 Å². The summed E-state index contributed by atoms with van der Waals surface area (Å²) in [7, 11) is -3.54. The third-order valence-corrected chi connectivity index (χ3v) is 4.88. The molecule has 2 aromatic carbocycles. The van der Waals surface area contributed by atoms with Crippen LogP contribution in [0, 0.1) is 6.92 Å². The maximum Gasteiger partial charge on any atom is 0.236 e. The Kier molecular flexibility index (Phi) is 4.24. The van der Waals surface area contributed by atoms with E-state index < -0.39 is 10.0 Å². The lowest BCUT2D eigenvalue weighted by molar-refractivity contribution is 0.600. The number of pyridine rings is 1. The number of hydrogen-bond donors (Lipinski definition) is 1. The van der Waals surface area contributed by atoms with Crippen LogP contribution >= 0.6 is 11.6 Å². The van der Waals surface area contributed by atoms with Gasteiger partial charge in [0.1, 0.15) is 0 Å². The Labute approximate surface area is 140 Å². The highest BCUT2D eigenvalue weighted by Gasteiger charge is 2.14. The molecule has 3 rings (SSSR count). The van der Waals surface area contributed by atoms with Crippen LogP contribution in [0.4, 0.5) is 5.69 Å². The third-order valence-electron chi connectivity index (χ3n) is 3.38. The second kappa shape index (κ2) is 6.18. The molecular formula is C17H15ClN2O2S. The van der Waals surface area contributed by atoms with Gasteiger partial charge in [-0.2, -0.15) is 0 Å². The highest BCUT2D eigenvalue weighted by molar-refractivity contribution is 7.91. The van der Waals surface area contributed by atoms with Gasteiger partial charge in [-0.15, -0.1) is 0 Å². The molecule has 1 heterocycles. The number of nitrogens with zero attached hydrogens (tertiary/aromatic N) is 1. The lowest BCUT2D eigenvalue weighted by Gasteiger charge is -2.11. The number of aryl methyl sites for hydroxylation is 1. The quantitative estimate of drug-likeness (QED) is 0.772. The van der Waals surface area contributed by atoms with Crippen LogP contribution in [0.3, 0.4) is 0 Å². The first-order valence-electron chi connectivity index (χ1n) is 7.03. The summed E-state index contributed by atoms with van der Waals surface area (Å²) < 4.78 is 27.5. The molecule has 0 atom stereocenters. The Morgan fingerprint density at radius 3 is 2.61 bits per heavy atom. The van der Waals surface area contributed by atoms with Gasteiger partial charge in [-0.05, 0) is 48.4 Å². The van der Waals surface area contributed by atoms with Crippen LogP contribution in [0.25, 0.3) is 10.9 Å². The zero-order valence-corrected chi connectivity index (χ0v) is 14.0. The van der Waals surface area contributed by atoms with Crippen molar-refractivity contribution in [3.8, 4) is 0 Å². The molecule has 0 unspecified atom stereocenters. The first-order chi connectivity index (χ1) is 10.9. The van der Waals surface area contributed by atoms with Gasteiger partial charge in [0.15, 0.2) is 0 Å². The van der Waals surface area contributed by atoms with Gasteiger partial charge in [-0.25, -0.2) is 8.42 Å². The van der Waals surface area contributed by atoms with Crippen molar-refractivity contribution in [3.05, 3.63) is 70.9 Å². The SMILES string of the molecule is Cc1cc(NS(=O)(=O)Cc2ccc(Cl)cc2)c2ncccc2c1. The largest absolute Gasteiger partial charge is 0.281 e. The molecule has 0 amide bonds. The average molecular weight is 347 g/mol. The number of rotatable bonds is 4. The summed E-state index contributed by atoms with van der Waals surface area (Å²) in [6, 6.07) is 14.3. The fourth-order valence-electron chi connectivity index (χ4n) is 2.42. The second-order valence-corrected chi connectivity index (χ2v) is 7.53. The Bertz CT molecular complexity index is 954. The third kappa shape index (κ3) is 3.81. The summed E-state index contributed by atoms with van der Waals surface area (Å²) >= 11 is 5.82. The molecule has 23 heavy (non-hydrogen) atoms. The van der Waals surface area contributed by atoms with E-state index in [4.69, 9.17) is 11.6 Å². The lowest BCUT2D eigenvalue weighted by atomic mass is 10.1. The fraction of sp³-hybridized carbons (Fsp3) is 0.118. The molecular weight excluding hydrogens is 332 g/mol. The molecule has 0 saturated carbocycles. The first kappa shape index (κ1) is 15.8. The molecule has 0 saturated heterocycles. The number of aromatic nitrogens is 1. The number of sulfonamides is 1. The van der Waals surface area contributed by atoms with Gasteiger partial charge in [-0.1, -0.05) is 29.8 Å². The maximum absolute atomic E-state index is 12.4. The summed E-state index contributed by atoms with van der Waals surface area (Å²) in [6.45, 7) is 1.92. The zero-order valence-electron chi connectivity index (χ0n) is 12.5. The van der Waals surface area contributed by atoms with Gasteiger partial charge in [0, 0.05) is 16.6 Å². The minimum atomic E-state index is -3.54. The molecule has 0 bridgehead atoms. The monoisotopic (exact) mass is 346 g/mol. The Balaban J connectivity index is 1.93. The van der Waals surface area contributed by atoms with E-state index in [2.05, 4.69) is 9.71 Å². The molecule has 1 aromatic heterocycles. The van der Waals surface area contributed by atoms with Gasteiger partial charge in [0.25, 0.3) is 0 Å². The maximum atomic E-state index is 12.4. The van der Waals surface area contributed by atoms with Crippen LogP contribution in [0.5, 0.6) is 0 Å². The molecule has 1 N–H and O–H groups in total. The molecule has 0 aliphatic heterocycles. The number of hydrogen-bond acceptors (Lipinski definition) is 3. The summed E-state index contributed by atoms with van der Waals surface area (Å²) in [6.07, 6.45) is 1.65. The number of halogens is 1. The van der Waals surface area contributed by atoms with Crippen LogP contribution in [-0.2, 0) is 15.8 Å². The van der Waals surface area contributed by atoms with Crippen molar-refractivity contribution in [2.75, 3.05) is 4.72 Å². The second-order valence-electron chi connectivity index (χ2n) is 5.38. The van der Waals surface area contributed by atoms with E-state index in [0.717, 1.165) is 10.9 Å². The molecule has 3 aromatic rings. The highest BCUT2D eigenvalue weighted by Crippen LogP contribution is 2.25. The first-order valence-corrected chi connectivity index (χ1v) is 9.06. The van der Waals surface area contributed by atoms with Crippen molar-refractivity contribution in [2.24, 2.45) is 0 Å². The molecule has 0 fully saturated rings. The molecule has 0 spiro atoms. The van der Waals surface area contributed by atoms with E-state index in [1.165, 1.54) is 0 Å². The Morgan fingerprint density at radius 2 is 1.87 bits per heavy atom. The Hall–Kier alpha value is -2.11. The van der Waals surface area contributed by atoms with Gasteiger partial charge >= 0.3 is 0 Å². The smallest absolute Gasteiger partial charge is 0.236 e. The molecule has 4 nitrogen and oxygen atoms in total. The molecule has 0 radical (unpaired) electrons. The van der Waals surface area contributed by atoms with E-state index in [1.54, 1.807) is 36.5 Å². The number of benzene rings is 2. The Morgan fingerprint density at radius 1 is 1.13 bits per heavy atom. The summed E-state index contributed by atoms with van der Waals surface area (Å²) in [5.41, 5.74) is 2.77.